The Hall–Kier alpha value is -2.20. The van der Waals surface area contributed by atoms with E-state index in [2.05, 4.69) is 16.0 Å². The Morgan fingerprint density at radius 1 is 0.966 bits per heavy atom. The number of amides is 3. The van der Waals surface area contributed by atoms with Gasteiger partial charge in [-0.05, 0) is 37.6 Å². The van der Waals surface area contributed by atoms with E-state index in [0.717, 1.165) is 6.42 Å². The number of carbonyl (C=O) groups is 4. The van der Waals surface area contributed by atoms with Gasteiger partial charge in [0, 0.05) is 0 Å². The maximum absolute atomic E-state index is 12.5. The second-order valence-electron chi connectivity index (χ2n) is 7.93. The highest BCUT2D eigenvalue weighted by Gasteiger charge is 2.26. The predicted molar refractivity (Wildman–Crippen MR) is 110 cm³/mol. The smallest absolute Gasteiger partial charge is 0.326 e. The molecule has 0 spiro atoms. The number of nitrogens with two attached hydrogens (primary N) is 2. The third kappa shape index (κ3) is 11.4. The van der Waals surface area contributed by atoms with E-state index < -0.39 is 41.8 Å². The lowest BCUT2D eigenvalue weighted by atomic mass is 10.0. The van der Waals surface area contributed by atoms with Crippen molar-refractivity contribution in [2.45, 2.75) is 71.5 Å². The normalized spacial score (nSPS) is 14.2. The summed E-state index contributed by atoms with van der Waals surface area (Å²) < 4.78 is 0. The van der Waals surface area contributed by atoms with Crippen LogP contribution in [0.4, 0.5) is 0 Å². The molecule has 0 aliphatic carbocycles. The van der Waals surface area contributed by atoms with Crippen molar-refractivity contribution in [1.29, 1.82) is 0 Å². The summed E-state index contributed by atoms with van der Waals surface area (Å²) in [6.07, 6.45) is 2.32. The second-order valence-corrected chi connectivity index (χ2v) is 7.93. The highest BCUT2D eigenvalue weighted by molar-refractivity contribution is 5.92. The molecule has 8 N–H and O–H groups in total. The highest BCUT2D eigenvalue weighted by atomic mass is 16.4. The zero-order valence-electron chi connectivity index (χ0n) is 17.9. The van der Waals surface area contributed by atoms with Crippen LogP contribution in [0.2, 0.25) is 0 Å². The van der Waals surface area contributed by atoms with Crippen molar-refractivity contribution in [2.75, 3.05) is 13.1 Å². The summed E-state index contributed by atoms with van der Waals surface area (Å²) in [5.74, 6) is -2.90. The Kier molecular flexibility index (Phi) is 12.8. The molecule has 0 saturated heterocycles. The maximum Gasteiger partial charge on any atom is 0.326 e. The SMILES string of the molecule is CC(C)CC(NC(=O)C(N)CCCCN)C(=O)NCC(=O)NC(C(=O)O)C(C)C. The van der Waals surface area contributed by atoms with E-state index in [1.807, 2.05) is 13.8 Å². The van der Waals surface area contributed by atoms with E-state index in [4.69, 9.17) is 16.6 Å². The van der Waals surface area contributed by atoms with Gasteiger partial charge in [0.2, 0.25) is 17.7 Å². The van der Waals surface area contributed by atoms with Crippen LogP contribution in [-0.4, -0.2) is 60.0 Å². The molecule has 0 fully saturated rings. The molecule has 0 aromatic heterocycles. The molecule has 10 nitrogen and oxygen atoms in total. The Morgan fingerprint density at radius 3 is 2.07 bits per heavy atom. The van der Waals surface area contributed by atoms with Gasteiger partial charge in [0.1, 0.15) is 12.1 Å². The topological polar surface area (TPSA) is 177 Å². The van der Waals surface area contributed by atoms with Crippen molar-refractivity contribution in [3.63, 3.8) is 0 Å². The van der Waals surface area contributed by atoms with E-state index in [0.29, 0.717) is 25.8 Å². The van der Waals surface area contributed by atoms with Gasteiger partial charge in [0.05, 0.1) is 12.6 Å². The zero-order valence-corrected chi connectivity index (χ0v) is 17.9. The molecule has 0 aromatic rings. The Balaban J connectivity index is 4.77. The average molecular weight is 416 g/mol. The fourth-order valence-corrected chi connectivity index (χ4v) is 2.65. The molecule has 0 aliphatic heterocycles. The zero-order chi connectivity index (χ0) is 22.6. The van der Waals surface area contributed by atoms with Gasteiger partial charge in [-0.25, -0.2) is 4.79 Å². The van der Waals surface area contributed by atoms with Crippen LogP contribution < -0.4 is 27.4 Å². The number of carbonyl (C=O) groups excluding carboxylic acids is 3. The molecule has 0 radical (unpaired) electrons. The quantitative estimate of drug-likeness (QED) is 0.203. The molecule has 0 saturated carbocycles. The fraction of sp³-hybridized carbons (Fsp3) is 0.789. The van der Waals surface area contributed by atoms with Crippen LogP contribution in [0.15, 0.2) is 0 Å². The Morgan fingerprint density at radius 2 is 1.59 bits per heavy atom. The molecule has 29 heavy (non-hydrogen) atoms. The number of carboxylic acid groups (broad SMARTS) is 1. The first kappa shape index (κ1) is 26.8. The van der Waals surface area contributed by atoms with E-state index in [9.17, 15) is 19.2 Å². The number of aliphatic carboxylic acids is 1. The van der Waals surface area contributed by atoms with Gasteiger partial charge in [-0.1, -0.05) is 34.1 Å². The lowest BCUT2D eigenvalue weighted by Crippen LogP contribution is -2.54. The summed E-state index contributed by atoms with van der Waals surface area (Å²) in [4.78, 5) is 47.9. The summed E-state index contributed by atoms with van der Waals surface area (Å²) in [6.45, 7) is 7.28. The molecule has 0 bridgehead atoms. The third-order valence-electron chi connectivity index (χ3n) is 4.32. The molecular formula is C19H37N5O5. The monoisotopic (exact) mass is 415 g/mol. The van der Waals surface area contributed by atoms with Gasteiger partial charge in [0.25, 0.3) is 0 Å². The van der Waals surface area contributed by atoms with E-state index in [1.54, 1.807) is 13.8 Å². The highest BCUT2D eigenvalue weighted by Crippen LogP contribution is 2.07. The largest absolute Gasteiger partial charge is 0.480 e. The fourth-order valence-electron chi connectivity index (χ4n) is 2.65. The van der Waals surface area contributed by atoms with Crippen molar-refractivity contribution >= 4 is 23.7 Å². The lowest BCUT2D eigenvalue weighted by molar-refractivity contribution is -0.143. The summed E-state index contributed by atoms with van der Waals surface area (Å²) in [6, 6.07) is -2.62. The van der Waals surface area contributed by atoms with Crippen molar-refractivity contribution in [2.24, 2.45) is 23.3 Å². The van der Waals surface area contributed by atoms with Crippen LogP contribution in [-0.2, 0) is 19.2 Å². The molecule has 0 aliphatic rings. The minimum Gasteiger partial charge on any atom is -0.480 e. The minimum absolute atomic E-state index is 0.116. The minimum atomic E-state index is -1.15. The van der Waals surface area contributed by atoms with Gasteiger partial charge < -0.3 is 32.5 Å². The first-order valence-corrected chi connectivity index (χ1v) is 10.0. The summed E-state index contributed by atoms with van der Waals surface area (Å²) in [7, 11) is 0. The number of rotatable bonds is 14. The Labute approximate surface area is 172 Å². The van der Waals surface area contributed by atoms with Gasteiger partial charge >= 0.3 is 5.97 Å². The standard InChI is InChI=1S/C19H37N5O5/c1-11(2)9-14(23-17(26)13(21)7-5-6-8-20)18(27)22-10-15(25)24-16(12(3)4)19(28)29/h11-14,16H,5-10,20-21H2,1-4H3,(H,22,27)(H,23,26)(H,24,25)(H,28,29). The van der Waals surface area contributed by atoms with Gasteiger partial charge in [0.15, 0.2) is 0 Å². The lowest BCUT2D eigenvalue weighted by Gasteiger charge is -2.22. The number of hydrogen-bond acceptors (Lipinski definition) is 6. The van der Waals surface area contributed by atoms with Gasteiger partial charge in [-0.15, -0.1) is 0 Å². The maximum atomic E-state index is 12.5. The first-order chi connectivity index (χ1) is 13.5. The summed E-state index contributed by atoms with van der Waals surface area (Å²) in [5, 5.41) is 16.6. The van der Waals surface area contributed by atoms with Crippen molar-refractivity contribution < 1.29 is 24.3 Å². The van der Waals surface area contributed by atoms with Crippen LogP contribution >= 0.6 is 0 Å². The van der Waals surface area contributed by atoms with Crippen molar-refractivity contribution in [3.05, 3.63) is 0 Å². The second kappa shape index (κ2) is 13.9. The number of unbranched alkanes of at least 4 members (excludes halogenated alkanes) is 1. The van der Waals surface area contributed by atoms with Crippen molar-refractivity contribution in [3.8, 4) is 0 Å². The molecule has 0 aromatic carbocycles. The number of hydrogen-bond donors (Lipinski definition) is 6. The molecule has 3 atom stereocenters. The number of carboxylic acids is 1. The van der Waals surface area contributed by atoms with Crippen LogP contribution in [0.5, 0.6) is 0 Å². The molecule has 3 unspecified atom stereocenters. The summed E-state index contributed by atoms with van der Waals surface area (Å²) >= 11 is 0. The predicted octanol–water partition coefficient (Wildman–Crippen LogP) is -0.685. The average Bonchev–Trinajstić information content (AvgIpc) is 2.62. The van der Waals surface area contributed by atoms with E-state index >= 15 is 0 Å². The molecule has 0 heterocycles. The number of nitrogens with one attached hydrogen (secondary N) is 3. The molecule has 3 amide bonds. The van der Waals surface area contributed by atoms with Crippen LogP contribution in [0.3, 0.4) is 0 Å². The first-order valence-electron chi connectivity index (χ1n) is 10.0. The summed E-state index contributed by atoms with van der Waals surface area (Å²) in [5.41, 5.74) is 11.3. The van der Waals surface area contributed by atoms with Gasteiger partial charge in [-0.3, -0.25) is 14.4 Å². The van der Waals surface area contributed by atoms with Crippen LogP contribution in [0.1, 0.15) is 53.4 Å². The third-order valence-corrected chi connectivity index (χ3v) is 4.32. The molecular weight excluding hydrogens is 378 g/mol. The molecule has 168 valence electrons. The van der Waals surface area contributed by atoms with E-state index in [-0.39, 0.29) is 18.4 Å². The van der Waals surface area contributed by atoms with Crippen LogP contribution in [0.25, 0.3) is 0 Å². The van der Waals surface area contributed by atoms with Crippen LogP contribution in [0, 0.1) is 11.8 Å². The Bertz CT molecular complexity index is 553. The van der Waals surface area contributed by atoms with Gasteiger partial charge in [-0.2, -0.15) is 0 Å². The van der Waals surface area contributed by atoms with Crippen molar-refractivity contribution in [1.82, 2.24) is 16.0 Å². The van der Waals surface area contributed by atoms with E-state index in [1.165, 1.54) is 0 Å². The molecule has 10 heteroatoms. The molecule has 0 rings (SSSR count).